The molecule has 8 heteroatoms. The van der Waals surface area contributed by atoms with Gasteiger partial charge in [-0.25, -0.2) is 4.79 Å². The van der Waals surface area contributed by atoms with Gasteiger partial charge in [-0.05, 0) is 39.8 Å². The number of nitrogens with zero attached hydrogens (tertiary/aromatic N) is 1. The number of carbonyl (C=O) groups excluding carboxylic acids is 2. The standard InChI is InChI=1S/C21H29N3O5/c1-6-28-20(26)17-13(2)23-14-8-7-9-15(18(14)19(17)22)29-12-21(3,4)24-16(25)10-11-27-5/h7-9H,6,10-12H2,1-5H3,(H2,22,23)(H,24,25). The Morgan fingerprint density at radius 3 is 2.66 bits per heavy atom. The molecule has 1 amide bonds. The number of nitrogens with one attached hydrogen (secondary N) is 1. The zero-order chi connectivity index (χ0) is 21.6. The highest BCUT2D eigenvalue weighted by atomic mass is 16.5. The van der Waals surface area contributed by atoms with Crippen LogP contribution in [0.3, 0.4) is 0 Å². The van der Waals surface area contributed by atoms with E-state index in [-0.39, 0.29) is 36.8 Å². The molecule has 0 fully saturated rings. The minimum Gasteiger partial charge on any atom is -0.490 e. The van der Waals surface area contributed by atoms with Gasteiger partial charge in [0, 0.05) is 13.5 Å². The Labute approximate surface area is 170 Å². The Morgan fingerprint density at radius 1 is 1.28 bits per heavy atom. The maximum absolute atomic E-state index is 12.3. The summed E-state index contributed by atoms with van der Waals surface area (Å²) in [6.07, 6.45) is 0.271. The highest BCUT2D eigenvalue weighted by Crippen LogP contribution is 2.34. The summed E-state index contributed by atoms with van der Waals surface area (Å²) in [6, 6.07) is 5.36. The van der Waals surface area contributed by atoms with Gasteiger partial charge in [0.2, 0.25) is 5.91 Å². The molecular formula is C21H29N3O5. The Hall–Kier alpha value is -2.87. The van der Waals surface area contributed by atoms with Gasteiger partial charge in [-0.3, -0.25) is 9.78 Å². The lowest BCUT2D eigenvalue weighted by Crippen LogP contribution is -2.48. The van der Waals surface area contributed by atoms with Crippen molar-refractivity contribution in [1.82, 2.24) is 10.3 Å². The summed E-state index contributed by atoms with van der Waals surface area (Å²) >= 11 is 0. The first-order valence-corrected chi connectivity index (χ1v) is 9.48. The molecule has 29 heavy (non-hydrogen) atoms. The molecule has 0 aliphatic rings. The maximum Gasteiger partial charge on any atom is 0.342 e. The number of hydrogen-bond donors (Lipinski definition) is 2. The number of aryl methyl sites for hydroxylation is 1. The summed E-state index contributed by atoms with van der Waals surface area (Å²) in [5.41, 5.74) is 7.32. The monoisotopic (exact) mass is 403 g/mol. The lowest BCUT2D eigenvalue weighted by Gasteiger charge is -2.27. The molecular weight excluding hydrogens is 374 g/mol. The van der Waals surface area contributed by atoms with Crippen LogP contribution in [0.1, 0.15) is 43.2 Å². The summed E-state index contributed by atoms with van der Waals surface area (Å²) < 4.78 is 16.0. The minimum atomic E-state index is -0.621. The van der Waals surface area contributed by atoms with Crippen LogP contribution in [-0.2, 0) is 14.3 Å². The molecule has 0 bridgehead atoms. The molecule has 0 spiro atoms. The van der Waals surface area contributed by atoms with Crippen molar-refractivity contribution in [2.45, 2.75) is 39.7 Å². The number of methoxy groups -OCH3 is 1. The van der Waals surface area contributed by atoms with E-state index in [2.05, 4.69) is 10.3 Å². The molecule has 0 aliphatic heterocycles. The summed E-state index contributed by atoms with van der Waals surface area (Å²) in [5, 5.41) is 3.46. The molecule has 1 aromatic carbocycles. The van der Waals surface area contributed by atoms with Crippen LogP contribution < -0.4 is 15.8 Å². The first-order valence-electron chi connectivity index (χ1n) is 9.48. The Bertz CT molecular complexity index is 896. The third kappa shape index (κ3) is 5.57. The van der Waals surface area contributed by atoms with E-state index >= 15 is 0 Å². The summed E-state index contributed by atoms with van der Waals surface area (Å²) in [5.74, 6) is -0.158. The molecule has 2 rings (SSSR count). The molecule has 2 aromatic rings. The van der Waals surface area contributed by atoms with Crippen LogP contribution in [0.2, 0.25) is 0 Å². The van der Waals surface area contributed by atoms with Gasteiger partial charge in [0.25, 0.3) is 0 Å². The molecule has 0 aliphatic carbocycles. The van der Waals surface area contributed by atoms with Gasteiger partial charge in [-0.1, -0.05) is 6.07 Å². The van der Waals surface area contributed by atoms with Crippen LogP contribution >= 0.6 is 0 Å². The fourth-order valence-electron chi connectivity index (χ4n) is 2.95. The smallest absolute Gasteiger partial charge is 0.342 e. The molecule has 8 nitrogen and oxygen atoms in total. The predicted octanol–water partition coefficient (Wildman–Crippen LogP) is 2.61. The van der Waals surface area contributed by atoms with Crippen LogP contribution in [0, 0.1) is 6.92 Å². The molecule has 158 valence electrons. The Balaban J connectivity index is 2.30. The number of fused-ring (bicyclic) bond motifs is 1. The number of nitrogens with two attached hydrogens (primary N) is 1. The number of nitrogen functional groups attached to an aromatic ring is 1. The van der Waals surface area contributed by atoms with E-state index in [4.69, 9.17) is 19.9 Å². The second-order valence-corrected chi connectivity index (χ2v) is 7.32. The second-order valence-electron chi connectivity index (χ2n) is 7.32. The number of aromatic nitrogens is 1. The summed E-state index contributed by atoms with van der Waals surface area (Å²) in [7, 11) is 1.55. The molecule has 0 saturated carbocycles. The zero-order valence-corrected chi connectivity index (χ0v) is 17.6. The van der Waals surface area contributed by atoms with Crippen LogP contribution in [0.25, 0.3) is 10.9 Å². The second kappa shape index (κ2) is 9.56. The van der Waals surface area contributed by atoms with Gasteiger partial charge < -0.3 is 25.3 Å². The van der Waals surface area contributed by atoms with Crippen molar-refractivity contribution < 1.29 is 23.8 Å². The van der Waals surface area contributed by atoms with Crippen LogP contribution in [0.4, 0.5) is 5.69 Å². The molecule has 0 atom stereocenters. The van der Waals surface area contributed by atoms with Crippen LogP contribution in [0.15, 0.2) is 18.2 Å². The van der Waals surface area contributed by atoms with E-state index in [0.717, 1.165) is 0 Å². The molecule has 0 radical (unpaired) electrons. The summed E-state index contributed by atoms with van der Waals surface area (Å²) in [4.78, 5) is 28.8. The average molecular weight is 403 g/mol. The van der Waals surface area contributed by atoms with E-state index in [0.29, 0.717) is 29.0 Å². The van der Waals surface area contributed by atoms with Crippen molar-refractivity contribution in [3.63, 3.8) is 0 Å². The zero-order valence-electron chi connectivity index (χ0n) is 17.6. The van der Waals surface area contributed by atoms with Crippen molar-refractivity contribution >= 4 is 28.5 Å². The fraction of sp³-hybridized carbons (Fsp3) is 0.476. The number of ether oxygens (including phenoxy) is 3. The topological polar surface area (TPSA) is 113 Å². The molecule has 1 heterocycles. The van der Waals surface area contributed by atoms with E-state index < -0.39 is 11.5 Å². The lowest BCUT2D eigenvalue weighted by atomic mass is 10.0. The number of anilines is 1. The number of esters is 1. The van der Waals surface area contributed by atoms with Gasteiger partial charge in [-0.15, -0.1) is 0 Å². The van der Waals surface area contributed by atoms with Crippen molar-refractivity contribution in [3.05, 3.63) is 29.5 Å². The summed E-state index contributed by atoms with van der Waals surface area (Å²) in [6.45, 7) is 7.96. The normalized spacial score (nSPS) is 11.3. The SMILES string of the molecule is CCOC(=O)c1c(C)nc2cccc(OCC(C)(C)NC(=O)CCOC)c2c1N. The van der Waals surface area contributed by atoms with Crippen molar-refractivity contribution in [2.24, 2.45) is 0 Å². The van der Waals surface area contributed by atoms with Crippen molar-refractivity contribution in [3.8, 4) is 5.75 Å². The van der Waals surface area contributed by atoms with Gasteiger partial charge in [0.15, 0.2) is 0 Å². The van der Waals surface area contributed by atoms with Gasteiger partial charge >= 0.3 is 5.97 Å². The third-order valence-corrected chi connectivity index (χ3v) is 4.27. The van der Waals surface area contributed by atoms with Crippen molar-refractivity contribution in [2.75, 3.05) is 32.7 Å². The van der Waals surface area contributed by atoms with Gasteiger partial charge in [-0.2, -0.15) is 0 Å². The number of rotatable bonds is 9. The third-order valence-electron chi connectivity index (χ3n) is 4.27. The average Bonchev–Trinajstić information content (AvgIpc) is 2.64. The predicted molar refractivity (Wildman–Crippen MR) is 111 cm³/mol. The maximum atomic E-state index is 12.3. The number of carbonyl (C=O) groups is 2. The number of pyridine rings is 1. The van der Waals surface area contributed by atoms with Crippen LogP contribution in [0.5, 0.6) is 5.75 Å². The first-order chi connectivity index (χ1) is 13.7. The Kier molecular flexibility index (Phi) is 7.39. The largest absolute Gasteiger partial charge is 0.490 e. The number of hydrogen-bond acceptors (Lipinski definition) is 7. The Morgan fingerprint density at radius 2 is 2.00 bits per heavy atom. The highest BCUT2D eigenvalue weighted by Gasteiger charge is 2.24. The number of benzene rings is 1. The molecule has 1 aromatic heterocycles. The highest BCUT2D eigenvalue weighted by molar-refractivity contribution is 6.07. The fourth-order valence-corrected chi connectivity index (χ4v) is 2.95. The minimum absolute atomic E-state index is 0.125. The van der Waals surface area contributed by atoms with Crippen molar-refractivity contribution in [1.29, 1.82) is 0 Å². The van der Waals surface area contributed by atoms with E-state index in [1.165, 1.54) is 0 Å². The van der Waals surface area contributed by atoms with E-state index in [1.807, 2.05) is 13.8 Å². The van der Waals surface area contributed by atoms with Gasteiger partial charge in [0.1, 0.15) is 17.9 Å². The quantitative estimate of drug-likeness (QED) is 0.619. The lowest BCUT2D eigenvalue weighted by molar-refractivity contribution is -0.123. The molecule has 0 unspecified atom stereocenters. The van der Waals surface area contributed by atoms with E-state index in [9.17, 15) is 9.59 Å². The number of amides is 1. The van der Waals surface area contributed by atoms with Gasteiger partial charge in [0.05, 0.1) is 41.0 Å². The molecule has 3 N–H and O–H groups in total. The first kappa shape index (κ1) is 22.4. The van der Waals surface area contributed by atoms with Crippen LogP contribution in [-0.4, -0.2) is 49.3 Å². The molecule has 0 saturated heterocycles. The van der Waals surface area contributed by atoms with E-state index in [1.54, 1.807) is 39.2 Å².